The SMILES string of the molecule is Nc1nc2c(Br)cc(C(=O)O)cn2n1. The number of nitrogens with zero attached hydrogens (tertiary/aromatic N) is 3. The maximum Gasteiger partial charge on any atom is 0.337 e. The Kier molecular flexibility index (Phi) is 1.88. The van der Waals surface area contributed by atoms with Gasteiger partial charge in [0, 0.05) is 6.20 Å². The zero-order chi connectivity index (χ0) is 10.3. The van der Waals surface area contributed by atoms with Crippen molar-refractivity contribution in [1.82, 2.24) is 14.6 Å². The van der Waals surface area contributed by atoms with Gasteiger partial charge in [-0.2, -0.15) is 4.98 Å². The molecule has 0 aliphatic rings. The fourth-order valence-corrected chi connectivity index (χ4v) is 1.60. The van der Waals surface area contributed by atoms with Crippen molar-refractivity contribution in [3.63, 3.8) is 0 Å². The zero-order valence-corrected chi connectivity index (χ0v) is 8.39. The van der Waals surface area contributed by atoms with Gasteiger partial charge in [0.05, 0.1) is 10.0 Å². The highest BCUT2D eigenvalue weighted by molar-refractivity contribution is 9.10. The number of rotatable bonds is 1. The van der Waals surface area contributed by atoms with E-state index < -0.39 is 5.97 Å². The minimum Gasteiger partial charge on any atom is -0.478 e. The number of carboxylic acids is 1. The van der Waals surface area contributed by atoms with Crippen LogP contribution in [0.15, 0.2) is 16.7 Å². The van der Waals surface area contributed by atoms with Gasteiger partial charge in [-0.1, -0.05) is 0 Å². The van der Waals surface area contributed by atoms with E-state index in [2.05, 4.69) is 26.0 Å². The van der Waals surface area contributed by atoms with Crippen molar-refractivity contribution >= 4 is 33.5 Å². The lowest BCUT2D eigenvalue weighted by molar-refractivity contribution is 0.0696. The molecule has 2 heterocycles. The second-order valence-electron chi connectivity index (χ2n) is 2.62. The van der Waals surface area contributed by atoms with Crippen LogP contribution in [-0.2, 0) is 0 Å². The molecule has 2 aromatic heterocycles. The summed E-state index contributed by atoms with van der Waals surface area (Å²) >= 11 is 3.19. The van der Waals surface area contributed by atoms with Gasteiger partial charge in [-0.25, -0.2) is 9.31 Å². The van der Waals surface area contributed by atoms with Crippen LogP contribution in [0.4, 0.5) is 5.95 Å². The molecule has 0 bridgehead atoms. The molecule has 0 unspecified atom stereocenters. The lowest BCUT2D eigenvalue weighted by Crippen LogP contribution is -2.00. The van der Waals surface area contributed by atoms with Gasteiger partial charge in [0.2, 0.25) is 5.95 Å². The van der Waals surface area contributed by atoms with E-state index in [4.69, 9.17) is 10.8 Å². The van der Waals surface area contributed by atoms with Crippen molar-refractivity contribution in [2.24, 2.45) is 0 Å². The lowest BCUT2D eigenvalue weighted by Gasteiger charge is -1.97. The highest BCUT2D eigenvalue weighted by Crippen LogP contribution is 2.18. The van der Waals surface area contributed by atoms with E-state index in [1.54, 1.807) is 0 Å². The van der Waals surface area contributed by atoms with Gasteiger partial charge in [0.25, 0.3) is 0 Å². The van der Waals surface area contributed by atoms with E-state index in [0.29, 0.717) is 10.1 Å². The number of carbonyl (C=O) groups is 1. The first-order chi connectivity index (χ1) is 6.58. The first-order valence-electron chi connectivity index (χ1n) is 3.62. The van der Waals surface area contributed by atoms with E-state index in [1.807, 2.05) is 0 Å². The number of halogens is 1. The first kappa shape index (κ1) is 8.95. The Hall–Kier alpha value is -1.63. The van der Waals surface area contributed by atoms with Gasteiger partial charge < -0.3 is 10.8 Å². The molecule has 0 aliphatic carbocycles. The molecular weight excluding hydrogens is 252 g/mol. The van der Waals surface area contributed by atoms with Crippen LogP contribution >= 0.6 is 15.9 Å². The second kappa shape index (κ2) is 2.95. The molecule has 6 nitrogen and oxygen atoms in total. The standard InChI is InChI=1S/C7H5BrN4O2/c8-4-1-3(6(13)14)2-12-5(4)10-7(9)11-12/h1-2H,(H2,9,11)(H,13,14). The molecule has 14 heavy (non-hydrogen) atoms. The Bertz CT molecular complexity index is 522. The molecular formula is C7H5BrN4O2. The molecule has 2 rings (SSSR count). The highest BCUT2D eigenvalue weighted by Gasteiger charge is 2.10. The van der Waals surface area contributed by atoms with Crippen LogP contribution in [-0.4, -0.2) is 25.7 Å². The van der Waals surface area contributed by atoms with Gasteiger partial charge in [-0.15, -0.1) is 5.10 Å². The summed E-state index contributed by atoms with van der Waals surface area (Å²) in [6, 6.07) is 1.45. The van der Waals surface area contributed by atoms with Gasteiger partial charge in [-0.3, -0.25) is 0 Å². The molecule has 2 aromatic rings. The van der Waals surface area contributed by atoms with Crippen molar-refractivity contribution < 1.29 is 9.90 Å². The van der Waals surface area contributed by atoms with Crippen LogP contribution in [0.25, 0.3) is 5.65 Å². The van der Waals surface area contributed by atoms with Crippen LogP contribution in [0.2, 0.25) is 0 Å². The number of hydrogen-bond acceptors (Lipinski definition) is 4. The molecule has 0 saturated heterocycles. The van der Waals surface area contributed by atoms with Gasteiger partial charge in [0.1, 0.15) is 0 Å². The fourth-order valence-electron chi connectivity index (χ4n) is 1.08. The van der Waals surface area contributed by atoms with E-state index in [-0.39, 0.29) is 11.5 Å². The number of nitrogens with two attached hydrogens (primary N) is 1. The van der Waals surface area contributed by atoms with E-state index in [9.17, 15) is 4.79 Å². The Balaban J connectivity index is 2.77. The number of pyridine rings is 1. The number of aromatic carboxylic acids is 1. The average Bonchev–Trinajstić information content (AvgIpc) is 2.45. The summed E-state index contributed by atoms with van der Waals surface area (Å²) in [5, 5.41) is 12.6. The topological polar surface area (TPSA) is 93.5 Å². The quantitative estimate of drug-likeness (QED) is 0.786. The predicted molar refractivity (Wildman–Crippen MR) is 52.1 cm³/mol. The Morgan fingerprint density at radius 3 is 3.00 bits per heavy atom. The van der Waals surface area contributed by atoms with Crippen molar-refractivity contribution in [2.75, 3.05) is 5.73 Å². The van der Waals surface area contributed by atoms with Crippen LogP contribution < -0.4 is 5.73 Å². The minimum absolute atomic E-state index is 0.105. The number of anilines is 1. The molecule has 72 valence electrons. The van der Waals surface area contributed by atoms with E-state index in [1.165, 1.54) is 16.8 Å². The van der Waals surface area contributed by atoms with E-state index >= 15 is 0 Å². The Labute approximate surface area is 86.5 Å². The van der Waals surface area contributed by atoms with Crippen molar-refractivity contribution in [2.45, 2.75) is 0 Å². The fraction of sp³-hybridized carbons (Fsp3) is 0. The summed E-state index contributed by atoms with van der Waals surface area (Å²) in [4.78, 5) is 14.6. The summed E-state index contributed by atoms with van der Waals surface area (Å²) in [7, 11) is 0. The van der Waals surface area contributed by atoms with Crippen molar-refractivity contribution in [1.29, 1.82) is 0 Å². The molecule has 0 aliphatic heterocycles. The summed E-state index contributed by atoms with van der Waals surface area (Å²) in [5.41, 5.74) is 5.99. The third-order valence-electron chi connectivity index (χ3n) is 1.65. The summed E-state index contributed by atoms with van der Waals surface area (Å²) in [5.74, 6) is -0.921. The van der Waals surface area contributed by atoms with Gasteiger partial charge in [-0.05, 0) is 22.0 Å². The Morgan fingerprint density at radius 2 is 2.36 bits per heavy atom. The summed E-state index contributed by atoms with van der Waals surface area (Å²) in [6.45, 7) is 0. The molecule has 0 aromatic carbocycles. The van der Waals surface area contributed by atoms with Crippen LogP contribution in [0, 0.1) is 0 Å². The smallest absolute Gasteiger partial charge is 0.337 e. The maximum atomic E-state index is 10.7. The molecule has 3 N–H and O–H groups in total. The largest absolute Gasteiger partial charge is 0.478 e. The number of carboxylic acid groups (broad SMARTS) is 1. The van der Waals surface area contributed by atoms with E-state index in [0.717, 1.165) is 0 Å². The third kappa shape index (κ3) is 1.31. The molecule has 0 saturated carbocycles. The second-order valence-corrected chi connectivity index (χ2v) is 3.47. The minimum atomic E-state index is -1.03. The normalized spacial score (nSPS) is 10.6. The van der Waals surface area contributed by atoms with Gasteiger partial charge in [0.15, 0.2) is 5.65 Å². The first-order valence-corrected chi connectivity index (χ1v) is 4.42. The van der Waals surface area contributed by atoms with Gasteiger partial charge >= 0.3 is 5.97 Å². The predicted octanol–water partition coefficient (Wildman–Crippen LogP) is 0.772. The van der Waals surface area contributed by atoms with Crippen LogP contribution in [0.3, 0.4) is 0 Å². The van der Waals surface area contributed by atoms with Crippen molar-refractivity contribution in [3.8, 4) is 0 Å². The lowest BCUT2D eigenvalue weighted by atomic mass is 10.3. The number of aromatic nitrogens is 3. The summed E-state index contributed by atoms with van der Waals surface area (Å²) < 4.78 is 1.87. The summed E-state index contributed by atoms with van der Waals surface area (Å²) in [6.07, 6.45) is 1.35. The molecule has 0 amide bonds. The number of hydrogen-bond donors (Lipinski definition) is 2. The molecule has 0 fully saturated rings. The van der Waals surface area contributed by atoms with Crippen LogP contribution in [0.1, 0.15) is 10.4 Å². The molecule has 0 radical (unpaired) electrons. The maximum absolute atomic E-state index is 10.7. The monoisotopic (exact) mass is 256 g/mol. The average molecular weight is 257 g/mol. The zero-order valence-electron chi connectivity index (χ0n) is 6.81. The highest BCUT2D eigenvalue weighted by atomic mass is 79.9. The Morgan fingerprint density at radius 1 is 1.64 bits per heavy atom. The van der Waals surface area contributed by atoms with Crippen molar-refractivity contribution in [3.05, 3.63) is 22.3 Å². The number of nitrogen functional groups attached to an aromatic ring is 1. The van der Waals surface area contributed by atoms with Crippen LogP contribution in [0.5, 0.6) is 0 Å². The number of fused-ring (bicyclic) bond motifs is 1. The molecule has 7 heteroatoms. The molecule has 0 atom stereocenters. The third-order valence-corrected chi connectivity index (χ3v) is 2.24. The molecule has 0 spiro atoms.